The molecule has 122 valence electrons. The number of benzene rings is 1. The van der Waals surface area contributed by atoms with E-state index in [1.54, 1.807) is 24.3 Å². The fourth-order valence-corrected chi connectivity index (χ4v) is 3.61. The number of carboxylic acids is 1. The van der Waals surface area contributed by atoms with Crippen LogP contribution >= 0.6 is 0 Å². The lowest BCUT2D eigenvalue weighted by Crippen LogP contribution is -2.40. The van der Waals surface area contributed by atoms with Gasteiger partial charge in [0.1, 0.15) is 0 Å². The molecule has 6 heteroatoms. The van der Waals surface area contributed by atoms with Crippen LogP contribution in [0.25, 0.3) is 10.9 Å². The molecule has 0 spiro atoms. The van der Waals surface area contributed by atoms with E-state index in [1.165, 1.54) is 4.57 Å². The summed E-state index contributed by atoms with van der Waals surface area (Å²) in [4.78, 5) is 38.8. The van der Waals surface area contributed by atoms with Gasteiger partial charge in [0.2, 0.25) is 0 Å². The first-order valence-electron chi connectivity index (χ1n) is 7.95. The van der Waals surface area contributed by atoms with Crippen LogP contribution in [0.2, 0.25) is 0 Å². The summed E-state index contributed by atoms with van der Waals surface area (Å²) in [7, 11) is 0. The summed E-state index contributed by atoms with van der Waals surface area (Å²) in [5.41, 5.74) is -0.140. The number of fused-ring (bicyclic) bond motifs is 1. The number of nitrogens with zero attached hydrogens (tertiary/aromatic N) is 1. The molecule has 6 nitrogen and oxygen atoms in total. The molecule has 1 atom stereocenters. The van der Waals surface area contributed by atoms with Gasteiger partial charge in [0.05, 0.1) is 16.8 Å². The highest BCUT2D eigenvalue weighted by atomic mass is 16.4. The van der Waals surface area contributed by atoms with E-state index >= 15 is 0 Å². The molecule has 2 N–H and O–H groups in total. The number of hydrogen-bond donors (Lipinski definition) is 2. The van der Waals surface area contributed by atoms with Gasteiger partial charge in [0.15, 0.2) is 0 Å². The van der Waals surface area contributed by atoms with E-state index in [2.05, 4.69) is 4.98 Å². The fraction of sp³-hybridized carbons (Fsp3) is 0.471. The Morgan fingerprint density at radius 3 is 2.52 bits per heavy atom. The molecule has 0 bridgehead atoms. The predicted molar refractivity (Wildman–Crippen MR) is 86.6 cm³/mol. The fourth-order valence-electron chi connectivity index (χ4n) is 3.61. The summed E-state index contributed by atoms with van der Waals surface area (Å²) < 4.78 is 1.29. The van der Waals surface area contributed by atoms with Crippen LogP contribution in [-0.2, 0) is 4.79 Å². The molecule has 3 rings (SSSR count). The van der Waals surface area contributed by atoms with Crippen LogP contribution in [0.4, 0.5) is 0 Å². The van der Waals surface area contributed by atoms with E-state index in [1.807, 2.05) is 6.92 Å². The van der Waals surface area contributed by atoms with E-state index in [-0.39, 0.29) is 23.4 Å². The van der Waals surface area contributed by atoms with Crippen molar-refractivity contribution < 1.29 is 9.90 Å². The molecule has 1 aliphatic carbocycles. The van der Waals surface area contributed by atoms with Crippen molar-refractivity contribution in [3.05, 3.63) is 45.1 Å². The summed E-state index contributed by atoms with van der Waals surface area (Å²) in [6, 6.07) is 6.72. The average molecular weight is 316 g/mol. The Hall–Kier alpha value is -2.37. The van der Waals surface area contributed by atoms with Crippen molar-refractivity contribution in [2.45, 2.75) is 38.6 Å². The minimum Gasteiger partial charge on any atom is -0.481 e. The van der Waals surface area contributed by atoms with Gasteiger partial charge in [-0.15, -0.1) is 0 Å². The highest BCUT2D eigenvalue weighted by Gasteiger charge is 2.30. The Morgan fingerprint density at radius 1 is 1.22 bits per heavy atom. The third-order valence-electron chi connectivity index (χ3n) is 5.05. The summed E-state index contributed by atoms with van der Waals surface area (Å²) in [6.45, 7) is 1.87. The normalized spacial score (nSPS) is 22.8. The Labute approximate surface area is 132 Å². The molecule has 1 aromatic carbocycles. The van der Waals surface area contributed by atoms with Gasteiger partial charge in [0.25, 0.3) is 5.56 Å². The number of carbonyl (C=O) groups is 1. The maximum Gasteiger partial charge on any atom is 0.329 e. The number of H-pyrrole nitrogens is 1. The van der Waals surface area contributed by atoms with Gasteiger partial charge in [-0.2, -0.15) is 0 Å². The highest BCUT2D eigenvalue weighted by molar-refractivity contribution is 5.76. The van der Waals surface area contributed by atoms with Crippen molar-refractivity contribution in [3.8, 4) is 0 Å². The molecule has 0 saturated heterocycles. The van der Waals surface area contributed by atoms with E-state index in [9.17, 15) is 14.4 Å². The van der Waals surface area contributed by atoms with Gasteiger partial charge < -0.3 is 10.1 Å². The molecule has 2 aromatic rings. The average Bonchev–Trinajstić information content (AvgIpc) is 2.54. The maximum absolute atomic E-state index is 12.7. The van der Waals surface area contributed by atoms with Crippen LogP contribution in [0.1, 0.15) is 38.6 Å². The molecule has 1 saturated carbocycles. The number of aromatic nitrogens is 2. The molecule has 1 aliphatic rings. The van der Waals surface area contributed by atoms with Crippen LogP contribution < -0.4 is 11.2 Å². The molecule has 1 unspecified atom stereocenters. The Morgan fingerprint density at radius 2 is 1.87 bits per heavy atom. The number of rotatable bonds is 3. The van der Waals surface area contributed by atoms with E-state index < -0.39 is 11.7 Å². The van der Waals surface area contributed by atoms with E-state index in [4.69, 9.17) is 5.11 Å². The van der Waals surface area contributed by atoms with Gasteiger partial charge in [-0.3, -0.25) is 14.2 Å². The molecule has 0 aliphatic heterocycles. The van der Waals surface area contributed by atoms with E-state index in [0.29, 0.717) is 23.7 Å². The monoisotopic (exact) mass is 316 g/mol. The first-order chi connectivity index (χ1) is 11.0. The second kappa shape index (κ2) is 6.02. The van der Waals surface area contributed by atoms with E-state index in [0.717, 1.165) is 12.8 Å². The van der Waals surface area contributed by atoms with Gasteiger partial charge in [-0.05, 0) is 50.7 Å². The van der Waals surface area contributed by atoms with Crippen molar-refractivity contribution in [1.82, 2.24) is 9.55 Å². The third-order valence-corrected chi connectivity index (χ3v) is 5.05. The molecule has 1 aromatic heterocycles. The second-order valence-corrected chi connectivity index (χ2v) is 6.34. The summed E-state index contributed by atoms with van der Waals surface area (Å²) >= 11 is 0. The molecule has 0 radical (unpaired) electrons. The van der Waals surface area contributed by atoms with Crippen LogP contribution in [0.5, 0.6) is 0 Å². The molecular weight excluding hydrogens is 296 g/mol. The first-order valence-corrected chi connectivity index (χ1v) is 7.95. The number of nitrogens with one attached hydrogen (secondary N) is 1. The summed E-state index contributed by atoms with van der Waals surface area (Å²) in [5.74, 6) is -0.910. The molecule has 1 heterocycles. The second-order valence-electron chi connectivity index (χ2n) is 6.34. The lowest BCUT2D eigenvalue weighted by molar-refractivity contribution is -0.143. The zero-order valence-corrected chi connectivity index (χ0v) is 13.0. The van der Waals surface area contributed by atoms with Crippen LogP contribution in [0, 0.1) is 11.8 Å². The smallest absolute Gasteiger partial charge is 0.329 e. The maximum atomic E-state index is 12.7. The van der Waals surface area contributed by atoms with Crippen molar-refractivity contribution in [2.24, 2.45) is 11.8 Å². The van der Waals surface area contributed by atoms with Crippen molar-refractivity contribution in [1.29, 1.82) is 0 Å². The van der Waals surface area contributed by atoms with Gasteiger partial charge >= 0.3 is 11.7 Å². The minimum absolute atomic E-state index is 0.144. The number of para-hydroxylation sites is 1. The van der Waals surface area contributed by atoms with Gasteiger partial charge in [-0.25, -0.2) is 4.79 Å². The first kappa shape index (κ1) is 15.5. The largest absolute Gasteiger partial charge is 0.481 e. The van der Waals surface area contributed by atoms with Crippen molar-refractivity contribution in [2.75, 3.05) is 0 Å². The molecule has 1 fully saturated rings. The Balaban J connectivity index is 1.93. The molecule has 0 amide bonds. The van der Waals surface area contributed by atoms with Crippen molar-refractivity contribution >= 4 is 16.9 Å². The lowest BCUT2D eigenvalue weighted by atomic mass is 9.79. The summed E-state index contributed by atoms with van der Waals surface area (Å²) in [5, 5.41) is 9.57. The summed E-state index contributed by atoms with van der Waals surface area (Å²) in [6.07, 6.45) is 2.64. The standard InChI is InChI=1S/C17H20N2O4/c1-10(11-6-8-12(9-7-11)16(21)22)19-15(20)13-4-2-3-5-14(13)18-17(19)23/h2-5,10-12H,6-9H2,1H3,(H,18,23)(H,21,22)/t10?,11-,12-. The van der Waals surface area contributed by atoms with Crippen molar-refractivity contribution in [3.63, 3.8) is 0 Å². The minimum atomic E-state index is -0.753. The predicted octanol–water partition coefficient (Wildman–Crippen LogP) is 2.14. The number of carboxylic acid groups (broad SMARTS) is 1. The molecular formula is C17H20N2O4. The molecule has 23 heavy (non-hydrogen) atoms. The van der Waals surface area contributed by atoms with Crippen LogP contribution in [0.3, 0.4) is 0 Å². The zero-order chi connectivity index (χ0) is 16.6. The number of aromatic amines is 1. The van der Waals surface area contributed by atoms with Crippen LogP contribution in [-0.4, -0.2) is 20.6 Å². The van der Waals surface area contributed by atoms with Gasteiger partial charge in [0, 0.05) is 6.04 Å². The topological polar surface area (TPSA) is 92.2 Å². The lowest BCUT2D eigenvalue weighted by Gasteiger charge is -2.31. The van der Waals surface area contributed by atoms with Crippen LogP contribution in [0.15, 0.2) is 33.9 Å². The Bertz CT molecular complexity index is 844. The zero-order valence-electron chi connectivity index (χ0n) is 13.0. The SMILES string of the molecule is CC([C@H]1CC[C@H](C(=O)O)CC1)n1c(=O)[nH]c2ccccc2c1=O. The number of hydrogen-bond acceptors (Lipinski definition) is 3. The quantitative estimate of drug-likeness (QED) is 0.907. The highest BCUT2D eigenvalue weighted by Crippen LogP contribution is 2.34. The third kappa shape index (κ3) is 2.81. The Kier molecular flexibility index (Phi) is 4.07. The van der Waals surface area contributed by atoms with Gasteiger partial charge in [-0.1, -0.05) is 12.1 Å². The number of aliphatic carboxylic acids is 1.